The van der Waals surface area contributed by atoms with Crippen LogP contribution in [-0.2, 0) is 17.8 Å². The van der Waals surface area contributed by atoms with Gasteiger partial charge in [0.15, 0.2) is 0 Å². The lowest BCUT2D eigenvalue weighted by molar-refractivity contribution is -0.149. The monoisotopic (exact) mass is 394 g/mol. The number of amides is 1. The first-order chi connectivity index (χ1) is 13.6. The quantitative estimate of drug-likeness (QED) is 0.694. The average molecular weight is 395 g/mol. The molecule has 0 N–H and O–H groups in total. The molecule has 2 aromatic carbocycles. The Bertz CT molecular complexity index is 932. The Morgan fingerprint density at radius 2 is 1.79 bits per heavy atom. The number of nitrogens with zero attached hydrogens (tertiary/aromatic N) is 2. The zero-order valence-electron chi connectivity index (χ0n) is 18.2. The van der Waals surface area contributed by atoms with E-state index in [2.05, 4.69) is 43.5 Å². The molecule has 29 heavy (non-hydrogen) atoms. The van der Waals surface area contributed by atoms with Crippen molar-refractivity contribution in [1.82, 2.24) is 9.80 Å². The summed E-state index contributed by atoms with van der Waals surface area (Å²) in [6.07, 6.45) is 1.53. The highest BCUT2D eigenvalue weighted by molar-refractivity contribution is 5.87. The molecule has 1 unspecified atom stereocenters. The van der Waals surface area contributed by atoms with Crippen molar-refractivity contribution in [3.63, 3.8) is 0 Å². The first kappa shape index (κ1) is 21.1. The van der Waals surface area contributed by atoms with E-state index in [0.717, 1.165) is 30.6 Å². The SMILES string of the molecule is C=C(Cc1cc(C)cc(C)c1)N1CCC1(C)C(=O)N(C)Cc1ccc(C)c(F)c1. The molecular formula is C25H31FN2O. The fraction of sp³-hybridized carbons (Fsp3) is 0.400. The van der Waals surface area contributed by atoms with Gasteiger partial charge in [-0.05, 0) is 56.9 Å². The fourth-order valence-electron chi connectivity index (χ4n) is 4.28. The molecule has 1 saturated heterocycles. The highest BCUT2D eigenvalue weighted by atomic mass is 19.1. The third-order valence-corrected chi connectivity index (χ3v) is 5.95. The van der Waals surface area contributed by atoms with E-state index in [1.807, 2.05) is 13.0 Å². The first-order valence-electron chi connectivity index (χ1n) is 10.1. The molecule has 1 fully saturated rings. The van der Waals surface area contributed by atoms with E-state index >= 15 is 0 Å². The lowest BCUT2D eigenvalue weighted by Gasteiger charge is -2.53. The highest BCUT2D eigenvalue weighted by Gasteiger charge is 2.48. The van der Waals surface area contributed by atoms with Crippen molar-refractivity contribution in [2.24, 2.45) is 0 Å². The summed E-state index contributed by atoms with van der Waals surface area (Å²) in [5.74, 6) is -0.187. The molecule has 1 aliphatic heterocycles. The normalized spacial score (nSPS) is 18.3. The zero-order chi connectivity index (χ0) is 21.3. The Morgan fingerprint density at radius 3 is 2.34 bits per heavy atom. The van der Waals surface area contributed by atoms with Gasteiger partial charge in [0.05, 0.1) is 0 Å². The molecule has 1 amide bonds. The Kier molecular flexibility index (Phi) is 5.83. The number of likely N-dealkylation sites (N-methyl/N-ethyl adjacent to an activating group) is 1. The minimum Gasteiger partial charge on any atom is -0.361 e. The number of carbonyl (C=O) groups excluding carboxylic acids is 1. The van der Waals surface area contributed by atoms with Crippen molar-refractivity contribution in [2.75, 3.05) is 13.6 Å². The number of likely N-dealkylation sites (tertiary alicyclic amines) is 1. The maximum Gasteiger partial charge on any atom is 0.248 e. The van der Waals surface area contributed by atoms with Gasteiger partial charge in [0.1, 0.15) is 11.4 Å². The van der Waals surface area contributed by atoms with Crippen molar-refractivity contribution < 1.29 is 9.18 Å². The zero-order valence-corrected chi connectivity index (χ0v) is 18.2. The van der Waals surface area contributed by atoms with Crippen LogP contribution in [0.15, 0.2) is 48.7 Å². The lowest BCUT2D eigenvalue weighted by atomic mass is 9.83. The maximum atomic E-state index is 13.9. The number of halogens is 1. The largest absolute Gasteiger partial charge is 0.361 e. The Morgan fingerprint density at radius 1 is 1.14 bits per heavy atom. The van der Waals surface area contributed by atoms with E-state index in [-0.39, 0.29) is 11.7 Å². The van der Waals surface area contributed by atoms with Gasteiger partial charge in [-0.3, -0.25) is 4.79 Å². The van der Waals surface area contributed by atoms with Crippen LogP contribution in [0.25, 0.3) is 0 Å². The molecule has 2 aromatic rings. The van der Waals surface area contributed by atoms with Gasteiger partial charge in [-0.1, -0.05) is 48.0 Å². The minimum atomic E-state index is -0.589. The second-order valence-electron chi connectivity index (χ2n) is 8.66. The van der Waals surface area contributed by atoms with Crippen molar-refractivity contribution >= 4 is 5.91 Å². The van der Waals surface area contributed by atoms with Gasteiger partial charge in [0.25, 0.3) is 0 Å². The molecule has 0 aliphatic carbocycles. The predicted molar refractivity (Wildman–Crippen MR) is 116 cm³/mol. The summed E-state index contributed by atoms with van der Waals surface area (Å²) in [4.78, 5) is 17.0. The molecule has 3 nitrogen and oxygen atoms in total. The van der Waals surface area contributed by atoms with Crippen LogP contribution in [0.4, 0.5) is 4.39 Å². The van der Waals surface area contributed by atoms with Crippen LogP contribution in [0.5, 0.6) is 0 Å². The molecule has 4 heteroatoms. The number of aryl methyl sites for hydroxylation is 3. The van der Waals surface area contributed by atoms with Crippen LogP contribution in [0.3, 0.4) is 0 Å². The van der Waals surface area contributed by atoms with Gasteiger partial charge in [-0.15, -0.1) is 0 Å². The average Bonchev–Trinajstić information content (AvgIpc) is 2.61. The predicted octanol–water partition coefficient (Wildman–Crippen LogP) is 4.93. The van der Waals surface area contributed by atoms with E-state index in [9.17, 15) is 9.18 Å². The summed E-state index contributed by atoms with van der Waals surface area (Å²) in [5, 5.41) is 0. The van der Waals surface area contributed by atoms with Gasteiger partial charge in [-0.25, -0.2) is 4.39 Å². The summed E-state index contributed by atoms with van der Waals surface area (Å²) >= 11 is 0. The van der Waals surface area contributed by atoms with E-state index < -0.39 is 5.54 Å². The molecule has 0 spiro atoms. The van der Waals surface area contributed by atoms with E-state index in [1.54, 1.807) is 24.9 Å². The van der Waals surface area contributed by atoms with Crippen molar-refractivity contribution in [3.8, 4) is 0 Å². The molecule has 1 aliphatic rings. The van der Waals surface area contributed by atoms with Crippen LogP contribution < -0.4 is 0 Å². The summed E-state index contributed by atoms with van der Waals surface area (Å²) in [6.45, 7) is 13.4. The molecule has 0 bridgehead atoms. The third-order valence-electron chi connectivity index (χ3n) is 5.95. The number of allylic oxidation sites excluding steroid dienone is 1. The Balaban J connectivity index is 1.69. The Labute approximate surface area is 173 Å². The van der Waals surface area contributed by atoms with Gasteiger partial charge in [-0.2, -0.15) is 0 Å². The number of carbonyl (C=O) groups is 1. The van der Waals surface area contributed by atoms with E-state index in [1.165, 1.54) is 22.8 Å². The summed E-state index contributed by atoms with van der Waals surface area (Å²) in [7, 11) is 1.79. The second kappa shape index (κ2) is 8.02. The van der Waals surface area contributed by atoms with Crippen LogP contribution >= 0.6 is 0 Å². The third kappa shape index (κ3) is 4.36. The smallest absolute Gasteiger partial charge is 0.248 e. The second-order valence-corrected chi connectivity index (χ2v) is 8.66. The van der Waals surface area contributed by atoms with Crippen LogP contribution in [-0.4, -0.2) is 34.8 Å². The molecule has 0 saturated carbocycles. The van der Waals surface area contributed by atoms with Crippen LogP contribution in [0, 0.1) is 26.6 Å². The first-order valence-corrected chi connectivity index (χ1v) is 10.1. The van der Waals surface area contributed by atoms with Gasteiger partial charge in [0, 0.05) is 32.3 Å². The highest BCUT2D eigenvalue weighted by Crippen LogP contribution is 2.36. The Hall–Kier alpha value is -2.62. The number of benzene rings is 2. The summed E-state index contributed by atoms with van der Waals surface area (Å²) < 4.78 is 13.9. The molecule has 0 aromatic heterocycles. The van der Waals surface area contributed by atoms with Gasteiger partial charge >= 0.3 is 0 Å². The molecule has 3 rings (SSSR count). The van der Waals surface area contributed by atoms with Gasteiger partial charge in [0.2, 0.25) is 5.91 Å². The topological polar surface area (TPSA) is 23.6 Å². The molecule has 0 radical (unpaired) electrons. The van der Waals surface area contributed by atoms with Crippen molar-refractivity contribution in [3.05, 3.63) is 82.3 Å². The molecular weight excluding hydrogens is 363 g/mol. The van der Waals surface area contributed by atoms with Crippen LogP contribution in [0.1, 0.15) is 41.2 Å². The standard InChI is InChI=1S/C25H31FN2O/c1-17-11-18(2)13-22(12-17)14-20(4)28-10-9-25(28,5)24(29)27(6)16-21-8-7-19(3)23(26)15-21/h7-8,11-13,15H,4,9-10,14,16H2,1-3,5-6H3. The fourth-order valence-corrected chi connectivity index (χ4v) is 4.28. The number of hydrogen-bond acceptors (Lipinski definition) is 2. The lowest BCUT2D eigenvalue weighted by Crippen LogP contribution is -2.65. The van der Waals surface area contributed by atoms with E-state index in [4.69, 9.17) is 0 Å². The maximum absolute atomic E-state index is 13.9. The van der Waals surface area contributed by atoms with Crippen molar-refractivity contribution in [1.29, 1.82) is 0 Å². The van der Waals surface area contributed by atoms with Crippen molar-refractivity contribution in [2.45, 2.75) is 52.6 Å². The summed E-state index contributed by atoms with van der Waals surface area (Å²) in [6, 6.07) is 11.7. The molecule has 1 atom stereocenters. The molecule has 1 heterocycles. The number of hydrogen-bond donors (Lipinski definition) is 0. The minimum absolute atomic E-state index is 0.0475. The van der Waals surface area contributed by atoms with Gasteiger partial charge < -0.3 is 9.80 Å². The summed E-state index contributed by atoms with van der Waals surface area (Å²) in [5.41, 5.74) is 5.48. The van der Waals surface area contributed by atoms with E-state index in [0.29, 0.717) is 12.1 Å². The number of rotatable bonds is 6. The van der Waals surface area contributed by atoms with Crippen LogP contribution in [0.2, 0.25) is 0 Å². The molecule has 154 valence electrons.